The number of para-hydroxylation sites is 1. The van der Waals surface area contributed by atoms with E-state index in [-0.39, 0.29) is 12.5 Å². The van der Waals surface area contributed by atoms with E-state index < -0.39 is 0 Å². The van der Waals surface area contributed by atoms with Gasteiger partial charge in [0, 0.05) is 15.9 Å². The van der Waals surface area contributed by atoms with Gasteiger partial charge in [-0.05, 0) is 54.0 Å². The average molecular weight is 322 g/mol. The number of carbonyl (C=O) groups excluding carboxylic acids is 1. The summed E-state index contributed by atoms with van der Waals surface area (Å²) in [4.78, 5) is 11.9. The number of amides is 1. The predicted molar refractivity (Wildman–Crippen MR) is 80.9 cm³/mol. The Bertz CT molecular complexity index is 573. The summed E-state index contributed by atoms with van der Waals surface area (Å²) in [5, 5.41) is 2.85. The smallest absolute Gasteiger partial charge is 0.245 e. The maximum atomic E-state index is 11.9. The van der Waals surface area contributed by atoms with Gasteiger partial charge in [-0.3, -0.25) is 9.47 Å². The maximum Gasteiger partial charge on any atom is 0.245 e. The van der Waals surface area contributed by atoms with Crippen LogP contribution in [0.25, 0.3) is 0 Å². The van der Waals surface area contributed by atoms with Gasteiger partial charge >= 0.3 is 0 Å². The Kier molecular flexibility index (Phi) is 4.27. The fourth-order valence-corrected chi connectivity index (χ4v) is 2.21. The molecule has 1 heterocycles. The lowest BCUT2D eigenvalue weighted by Gasteiger charge is -2.13. The number of rotatable bonds is 4. The Hall–Kier alpha value is -1.75. The first-order valence-corrected chi connectivity index (χ1v) is 6.80. The molecule has 0 atom stereocenters. The van der Waals surface area contributed by atoms with E-state index in [2.05, 4.69) is 26.7 Å². The number of hydrogen-bond acceptors (Lipinski definition) is 2. The highest BCUT2D eigenvalue weighted by atomic mass is 79.9. The van der Waals surface area contributed by atoms with Gasteiger partial charge in [0.05, 0.1) is 5.69 Å². The van der Waals surface area contributed by atoms with Crippen molar-refractivity contribution in [3.8, 4) is 0 Å². The van der Waals surface area contributed by atoms with Crippen molar-refractivity contribution < 1.29 is 4.79 Å². The molecule has 0 radical (unpaired) electrons. The normalized spacial score (nSPS) is 10.3. The highest BCUT2D eigenvalue weighted by Gasteiger charge is 2.06. The minimum Gasteiger partial charge on any atom is -0.323 e. The minimum atomic E-state index is -0.0839. The lowest BCUT2D eigenvalue weighted by molar-refractivity contribution is -0.114. The topological polar surface area (TPSA) is 46.1 Å². The van der Waals surface area contributed by atoms with Gasteiger partial charge in [0.1, 0.15) is 6.54 Å². The van der Waals surface area contributed by atoms with Crippen molar-refractivity contribution in [2.24, 2.45) is 0 Å². The van der Waals surface area contributed by atoms with E-state index in [0.29, 0.717) is 0 Å². The lowest BCUT2D eigenvalue weighted by atomic mass is 10.3. The van der Waals surface area contributed by atoms with Crippen LogP contribution in [-0.2, 0) is 4.79 Å². The molecule has 0 aliphatic rings. The van der Waals surface area contributed by atoms with E-state index in [0.717, 1.165) is 21.5 Å². The van der Waals surface area contributed by atoms with E-state index in [4.69, 9.17) is 0 Å². The molecule has 0 saturated heterocycles. The van der Waals surface area contributed by atoms with Crippen molar-refractivity contribution in [3.63, 3.8) is 0 Å². The fraction of sp³-hybridized carbons (Fsp3) is 0.214. The summed E-state index contributed by atoms with van der Waals surface area (Å²) >= 11 is 3.40. The number of nitrogens with zero attached hydrogens (tertiary/aromatic N) is 1. The van der Waals surface area contributed by atoms with E-state index in [1.165, 1.54) is 0 Å². The molecule has 100 valence electrons. The molecule has 0 saturated carbocycles. The van der Waals surface area contributed by atoms with Crippen molar-refractivity contribution in [2.75, 3.05) is 17.3 Å². The Balaban J connectivity index is 1.94. The summed E-state index contributed by atoms with van der Waals surface area (Å²) < 4.78 is 2.77. The van der Waals surface area contributed by atoms with E-state index in [9.17, 15) is 4.79 Å². The van der Waals surface area contributed by atoms with Crippen molar-refractivity contribution in [3.05, 3.63) is 52.3 Å². The lowest BCUT2D eigenvalue weighted by Crippen LogP contribution is -2.28. The van der Waals surface area contributed by atoms with Crippen molar-refractivity contribution in [1.82, 2.24) is 4.68 Å². The van der Waals surface area contributed by atoms with Gasteiger partial charge in [0.25, 0.3) is 0 Å². The van der Waals surface area contributed by atoms with Crippen LogP contribution in [0.2, 0.25) is 0 Å². The molecule has 2 aromatic rings. The fourth-order valence-electron chi connectivity index (χ4n) is 1.83. The molecule has 1 aromatic carbocycles. The highest BCUT2D eigenvalue weighted by Crippen LogP contribution is 2.20. The second-order valence-corrected chi connectivity index (χ2v) is 5.17. The summed E-state index contributed by atoms with van der Waals surface area (Å²) in [7, 11) is 0. The Morgan fingerprint density at radius 3 is 2.42 bits per heavy atom. The van der Waals surface area contributed by atoms with Crippen LogP contribution >= 0.6 is 15.9 Å². The first kappa shape index (κ1) is 13.7. The molecule has 0 bridgehead atoms. The molecule has 2 rings (SSSR count). The third-order valence-electron chi connectivity index (χ3n) is 2.82. The summed E-state index contributed by atoms with van der Waals surface area (Å²) in [5.74, 6) is -0.0839. The van der Waals surface area contributed by atoms with E-state index in [1.807, 2.05) is 54.9 Å². The zero-order valence-electron chi connectivity index (χ0n) is 10.9. The van der Waals surface area contributed by atoms with Crippen molar-refractivity contribution in [1.29, 1.82) is 0 Å². The van der Waals surface area contributed by atoms with E-state index >= 15 is 0 Å². The van der Waals surface area contributed by atoms with Gasteiger partial charge in [-0.1, -0.05) is 12.1 Å². The number of benzene rings is 1. The SMILES string of the molecule is Cc1ccc(C)n1NCC(=O)Nc1ccccc1Br. The zero-order chi connectivity index (χ0) is 13.8. The number of anilines is 1. The largest absolute Gasteiger partial charge is 0.323 e. The average Bonchev–Trinajstić information content (AvgIpc) is 2.70. The predicted octanol–water partition coefficient (Wildman–Crippen LogP) is 3.05. The molecule has 0 fully saturated rings. The molecule has 0 unspecified atom stereocenters. The van der Waals surface area contributed by atoms with Gasteiger partial charge in [0.15, 0.2) is 0 Å². The molecule has 19 heavy (non-hydrogen) atoms. The number of halogens is 1. The van der Waals surface area contributed by atoms with Crippen LogP contribution in [0.15, 0.2) is 40.9 Å². The summed E-state index contributed by atoms with van der Waals surface area (Å²) in [5.41, 5.74) is 6.01. The molecule has 1 amide bonds. The van der Waals surface area contributed by atoms with Crippen LogP contribution in [0.1, 0.15) is 11.4 Å². The Morgan fingerprint density at radius 1 is 1.16 bits per heavy atom. The standard InChI is InChI=1S/C14H16BrN3O/c1-10-7-8-11(2)18(10)16-9-14(19)17-13-6-4-3-5-12(13)15/h3-8,16H,9H2,1-2H3,(H,17,19). The van der Waals surface area contributed by atoms with Gasteiger partial charge in [-0.25, -0.2) is 0 Å². The van der Waals surface area contributed by atoms with Crippen LogP contribution < -0.4 is 10.7 Å². The van der Waals surface area contributed by atoms with Gasteiger partial charge in [-0.2, -0.15) is 0 Å². The van der Waals surface area contributed by atoms with Gasteiger partial charge in [0.2, 0.25) is 5.91 Å². The van der Waals surface area contributed by atoms with Gasteiger partial charge in [-0.15, -0.1) is 0 Å². The molecule has 0 spiro atoms. The minimum absolute atomic E-state index is 0.0839. The Labute approximate surface area is 120 Å². The third kappa shape index (κ3) is 3.38. The molecule has 5 heteroatoms. The molecule has 1 aromatic heterocycles. The second-order valence-electron chi connectivity index (χ2n) is 4.31. The monoisotopic (exact) mass is 321 g/mol. The number of nitrogens with one attached hydrogen (secondary N) is 2. The number of hydrogen-bond donors (Lipinski definition) is 2. The molecular weight excluding hydrogens is 306 g/mol. The molecule has 2 N–H and O–H groups in total. The summed E-state index contributed by atoms with van der Waals surface area (Å²) in [6, 6.07) is 11.6. The van der Waals surface area contributed by atoms with Crippen LogP contribution in [0.5, 0.6) is 0 Å². The molecule has 4 nitrogen and oxygen atoms in total. The molecule has 0 aliphatic heterocycles. The van der Waals surface area contributed by atoms with Crippen LogP contribution in [-0.4, -0.2) is 17.1 Å². The number of aryl methyl sites for hydroxylation is 2. The molecular formula is C14H16BrN3O. The van der Waals surface area contributed by atoms with Crippen molar-refractivity contribution in [2.45, 2.75) is 13.8 Å². The highest BCUT2D eigenvalue weighted by molar-refractivity contribution is 9.10. The third-order valence-corrected chi connectivity index (χ3v) is 3.51. The number of aromatic nitrogens is 1. The first-order chi connectivity index (χ1) is 9.08. The first-order valence-electron chi connectivity index (χ1n) is 6.01. The number of carbonyl (C=O) groups is 1. The van der Waals surface area contributed by atoms with E-state index in [1.54, 1.807) is 0 Å². The second kappa shape index (κ2) is 5.93. The molecule has 0 aliphatic carbocycles. The maximum absolute atomic E-state index is 11.9. The van der Waals surface area contributed by atoms with Gasteiger partial charge < -0.3 is 10.7 Å². The summed E-state index contributed by atoms with van der Waals surface area (Å²) in [6.07, 6.45) is 0. The van der Waals surface area contributed by atoms with Crippen LogP contribution in [0, 0.1) is 13.8 Å². The van der Waals surface area contributed by atoms with Crippen LogP contribution in [0.3, 0.4) is 0 Å². The zero-order valence-corrected chi connectivity index (χ0v) is 12.5. The van der Waals surface area contributed by atoms with Crippen molar-refractivity contribution >= 4 is 27.5 Å². The Morgan fingerprint density at radius 2 is 1.79 bits per heavy atom. The summed E-state index contributed by atoms with van der Waals surface area (Å²) in [6.45, 7) is 4.20. The van der Waals surface area contributed by atoms with Crippen LogP contribution in [0.4, 0.5) is 5.69 Å². The quantitative estimate of drug-likeness (QED) is 0.909.